The van der Waals surface area contributed by atoms with Crippen molar-refractivity contribution in [2.75, 3.05) is 7.05 Å². The molecule has 148 valence electrons. The van der Waals surface area contributed by atoms with Crippen molar-refractivity contribution in [3.63, 3.8) is 0 Å². The van der Waals surface area contributed by atoms with Crippen LogP contribution in [0.2, 0.25) is 0 Å². The normalized spacial score (nSPS) is 11.6. The molecule has 29 heavy (non-hydrogen) atoms. The molecule has 0 bridgehead atoms. The summed E-state index contributed by atoms with van der Waals surface area (Å²) in [6.07, 6.45) is -0.718. The van der Waals surface area contributed by atoms with E-state index in [-0.39, 0.29) is 24.1 Å². The van der Waals surface area contributed by atoms with Crippen molar-refractivity contribution in [1.29, 1.82) is 0 Å². The maximum Gasteiger partial charge on any atom is 0.263 e. The molecule has 0 aliphatic carbocycles. The number of rotatable bonds is 7. The molecule has 0 radical (unpaired) electrons. The average molecular weight is 391 g/mol. The summed E-state index contributed by atoms with van der Waals surface area (Å²) in [5.74, 6) is -0.137. The molecule has 5 heteroatoms. The van der Waals surface area contributed by atoms with Crippen LogP contribution in [0.5, 0.6) is 5.75 Å². The van der Waals surface area contributed by atoms with Gasteiger partial charge in [0.1, 0.15) is 11.6 Å². The molecule has 0 N–H and O–H groups in total. The van der Waals surface area contributed by atoms with Gasteiger partial charge in [-0.2, -0.15) is 0 Å². The molecule has 0 fully saturated rings. The van der Waals surface area contributed by atoms with Crippen molar-refractivity contribution >= 4 is 11.7 Å². The van der Waals surface area contributed by atoms with Gasteiger partial charge in [0.25, 0.3) is 5.91 Å². The SMILES string of the molecule is C[C@H](Oc1ccc(C(=O)c2ccccc2)cc1)C(=O)N(C)Cc1cccc(F)c1. The molecular formula is C24H22FNO3. The van der Waals surface area contributed by atoms with Crippen LogP contribution in [0.3, 0.4) is 0 Å². The number of ether oxygens (including phenoxy) is 1. The van der Waals surface area contributed by atoms with E-state index in [1.54, 1.807) is 62.5 Å². The molecule has 3 aromatic rings. The summed E-state index contributed by atoms with van der Waals surface area (Å²) in [6, 6.07) is 21.9. The van der Waals surface area contributed by atoms with E-state index in [4.69, 9.17) is 4.74 Å². The lowest BCUT2D eigenvalue weighted by Crippen LogP contribution is -2.37. The van der Waals surface area contributed by atoms with Crippen LogP contribution in [0.25, 0.3) is 0 Å². The number of carbonyl (C=O) groups excluding carboxylic acids is 2. The van der Waals surface area contributed by atoms with Gasteiger partial charge in [0.2, 0.25) is 0 Å². The lowest BCUT2D eigenvalue weighted by molar-refractivity contribution is -0.137. The van der Waals surface area contributed by atoms with Crippen molar-refractivity contribution in [2.45, 2.75) is 19.6 Å². The van der Waals surface area contributed by atoms with Gasteiger partial charge >= 0.3 is 0 Å². The second-order valence-electron chi connectivity index (χ2n) is 6.80. The van der Waals surface area contributed by atoms with Gasteiger partial charge in [-0.1, -0.05) is 42.5 Å². The predicted octanol–water partition coefficient (Wildman–Crippen LogP) is 4.48. The molecule has 0 spiro atoms. The van der Waals surface area contributed by atoms with E-state index in [0.29, 0.717) is 22.4 Å². The molecule has 0 saturated heterocycles. The monoisotopic (exact) mass is 391 g/mol. The Kier molecular flexibility index (Phi) is 6.39. The Hall–Kier alpha value is -3.47. The molecule has 0 aliphatic heterocycles. The first-order valence-corrected chi connectivity index (χ1v) is 9.30. The van der Waals surface area contributed by atoms with Crippen LogP contribution in [-0.2, 0) is 11.3 Å². The van der Waals surface area contributed by atoms with Crippen molar-refractivity contribution in [3.8, 4) is 5.75 Å². The highest BCUT2D eigenvalue weighted by atomic mass is 19.1. The fourth-order valence-corrected chi connectivity index (χ4v) is 2.99. The topological polar surface area (TPSA) is 46.6 Å². The van der Waals surface area contributed by atoms with E-state index >= 15 is 0 Å². The molecule has 0 heterocycles. The largest absolute Gasteiger partial charge is 0.481 e. The van der Waals surface area contributed by atoms with Gasteiger partial charge in [-0.25, -0.2) is 4.39 Å². The van der Waals surface area contributed by atoms with Crippen LogP contribution >= 0.6 is 0 Å². The number of likely N-dealkylation sites (N-methyl/N-ethyl adjacent to an activating group) is 1. The standard InChI is InChI=1S/C24H22FNO3/c1-17(24(28)26(2)16-18-7-6-10-21(25)15-18)29-22-13-11-20(12-14-22)23(27)19-8-4-3-5-9-19/h3-15,17H,16H2,1-2H3/t17-/m0/s1. The Bertz CT molecular complexity index is 987. The predicted molar refractivity (Wildman–Crippen MR) is 109 cm³/mol. The van der Waals surface area contributed by atoms with Crippen LogP contribution in [0, 0.1) is 5.82 Å². The van der Waals surface area contributed by atoms with E-state index in [1.807, 2.05) is 18.2 Å². The maximum atomic E-state index is 13.3. The molecule has 0 saturated carbocycles. The fraction of sp³-hybridized carbons (Fsp3) is 0.167. The van der Waals surface area contributed by atoms with Gasteiger partial charge in [-0.3, -0.25) is 9.59 Å². The van der Waals surface area contributed by atoms with Crippen molar-refractivity contribution in [3.05, 3.63) is 101 Å². The third-order valence-electron chi connectivity index (χ3n) is 4.50. The highest BCUT2D eigenvalue weighted by Crippen LogP contribution is 2.17. The maximum absolute atomic E-state index is 13.3. The highest BCUT2D eigenvalue weighted by molar-refractivity contribution is 6.08. The van der Waals surface area contributed by atoms with E-state index in [0.717, 1.165) is 0 Å². The number of benzene rings is 3. The quantitative estimate of drug-likeness (QED) is 0.558. The summed E-state index contributed by atoms with van der Waals surface area (Å²) in [4.78, 5) is 26.5. The molecule has 1 atom stereocenters. The Balaban J connectivity index is 1.60. The van der Waals surface area contributed by atoms with Crippen LogP contribution in [-0.4, -0.2) is 29.7 Å². The lowest BCUT2D eigenvalue weighted by atomic mass is 10.0. The third kappa shape index (κ3) is 5.29. The molecular weight excluding hydrogens is 369 g/mol. The molecule has 0 aliphatic rings. The summed E-state index contributed by atoms with van der Waals surface area (Å²) < 4.78 is 19.0. The van der Waals surface area contributed by atoms with Crippen LogP contribution < -0.4 is 4.74 Å². The van der Waals surface area contributed by atoms with Crippen LogP contribution in [0.15, 0.2) is 78.9 Å². The van der Waals surface area contributed by atoms with Crippen molar-refractivity contribution in [1.82, 2.24) is 4.90 Å². The van der Waals surface area contributed by atoms with Gasteiger partial charge in [0.05, 0.1) is 0 Å². The number of halogens is 1. The number of ketones is 1. The van der Waals surface area contributed by atoms with E-state index in [1.165, 1.54) is 17.0 Å². The highest BCUT2D eigenvalue weighted by Gasteiger charge is 2.20. The van der Waals surface area contributed by atoms with Gasteiger partial charge in [0.15, 0.2) is 11.9 Å². The Morgan fingerprint density at radius 2 is 1.59 bits per heavy atom. The second-order valence-corrected chi connectivity index (χ2v) is 6.80. The summed E-state index contributed by atoms with van der Waals surface area (Å²) in [5, 5.41) is 0. The fourth-order valence-electron chi connectivity index (χ4n) is 2.99. The van der Waals surface area contributed by atoms with Crippen LogP contribution in [0.1, 0.15) is 28.4 Å². The minimum absolute atomic E-state index is 0.0731. The first kappa shape index (κ1) is 20.3. The van der Waals surface area contributed by atoms with Gasteiger partial charge in [-0.05, 0) is 48.9 Å². The number of carbonyl (C=O) groups is 2. The Morgan fingerprint density at radius 3 is 2.24 bits per heavy atom. The minimum atomic E-state index is -0.718. The van der Waals surface area contributed by atoms with E-state index in [9.17, 15) is 14.0 Å². The number of nitrogens with zero attached hydrogens (tertiary/aromatic N) is 1. The summed E-state index contributed by atoms with van der Waals surface area (Å²) in [7, 11) is 1.65. The molecule has 3 aromatic carbocycles. The Morgan fingerprint density at radius 1 is 0.931 bits per heavy atom. The van der Waals surface area contributed by atoms with Crippen molar-refractivity contribution < 1.29 is 18.7 Å². The zero-order valence-electron chi connectivity index (χ0n) is 16.3. The first-order valence-electron chi connectivity index (χ1n) is 9.30. The number of hydrogen-bond donors (Lipinski definition) is 0. The smallest absolute Gasteiger partial charge is 0.263 e. The van der Waals surface area contributed by atoms with Gasteiger partial charge < -0.3 is 9.64 Å². The third-order valence-corrected chi connectivity index (χ3v) is 4.50. The lowest BCUT2D eigenvalue weighted by Gasteiger charge is -2.22. The van der Waals surface area contributed by atoms with Gasteiger partial charge in [-0.15, -0.1) is 0 Å². The molecule has 1 amide bonds. The molecule has 3 rings (SSSR count). The van der Waals surface area contributed by atoms with Gasteiger partial charge in [0, 0.05) is 24.7 Å². The minimum Gasteiger partial charge on any atom is -0.481 e. The first-order chi connectivity index (χ1) is 13.9. The van der Waals surface area contributed by atoms with E-state index < -0.39 is 6.10 Å². The summed E-state index contributed by atoms with van der Waals surface area (Å²) in [6.45, 7) is 1.95. The van der Waals surface area contributed by atoms with Crippen LogP contribution in [0.4, 0.5) is 4.39 Å². The average Bonchev–Trinajstić information content (AvgIpc) is 2.74. The van der Waals surface area contributed by atoms with Crippen molar-refractivity contribution in [2.24, 2.45) is 0 Å². The molecule has 4 nitrogen and oxygen atoms in total. The van der Waals surface area contributed by atoms with E-state index in [2.05, 4.69) is 0 Å². The Labute approximate surface area is 169 Å². The summed E-state index contributed by atoms with van der Waals surface area (Å²) >= 11 is 0. The zero-order valence-corrected chi connectivity index (χ0v) is 16.3. The zero-order chi connectivity index (χ0) is 20.8. The second kappa shape index (κ2) is 9.15. The molecule has 0 unspecified atom stereocenters. The number of amides is 1. The molecule has 0 aromatic heterocycles. The summed E-state index contributed by atoms with van der Waals surface area (Å²) in [5.41, 5.74) is 1.87. The number of hydrogen-bond acceptors (Lipinski definition) is 3.